The summed E-state index contributed by atoms with van der Waals surface area (Å²) in [4.78, 5) is 11.1. The molecule has 2 aliphatic carbocycles. The number of hydrogen-bond acceptors (Lipinski definition) is 2. The maximum absolute atomic E-state index is 11.1. The number of fused-ring (bicyclic) bond motifs is 3. The van der Waals surface area contributed by atoms with Crippen LogP contribution in [0.25, 0.3) is 0 Å². The van der Waals surface area contributed by atoms with E-state index in [0.29, 0.717) is 17.4 Å². The minimum atomic E-state index is -0.869. The van der Waals surface area contributed by atoms with Crippen molar-refractivity contribution < 1.29 is 9.90 Å². The number of benzene rings is 2. The molecule has 0 radical (unpaired) electrons. The lowest BCUT2D eigenvalue weighted by Crippen LogP contribution is -2.52. The van der Waals surface area contributed by atoms with Crippen LogP contribution >= 0.6 is 0 Å². The fourth-order valence-electron chi connectivity index (χ4n) is 6.47. The molecular formula is C28H37NO2. The highest BCUT2D eigenvalue weighted by atomic mass is 16.4. The molecule has 0 amide bonds. The van der Waals surface area contributed by atoms with E-state index >= 15 is 0 Å². The molecule has 166 valence electrons. The Bertz CT molecular complexity index is 948. The second kappa shape index (κ2) is 8.43. The third kappa shape index (κ3) is 4.17. The molecule has 0 spiro atoms. The smallest absolute Gasteiger partial charge is 0.335 e. The second-order valence-corrected chi connectivity index (χ2v) is 10.7. The first-order chi connectivity index (χ1) is 14.7. The third-order valence-corrected chi connectivity index (χ3v) is 8.23. The van der Waals surface area contributed by atoms with Gasteiger partial charge in [0.25, 0.3) is 0 Å². The molecule has 3 nitrogen and oxygen atoms in total. The van der Waals surface area contributed by atoms with Crippen molar-refractivity contribution >= 4 is 5.97 Å². The standard InChI is InChI=1S/C28H37NO2/c1-19(2)22-10-12-24-23(16-22)11-13-25-27(3,14-5-15-28(24,25)4)18-29-17-20-6-8-21(9-7-20)26(30)31/h6-10,12,16,19,25,29H,5,11,13-15,17-18H2,1-4H3,(H,30,31)/t25-,27-,28+/m1/s1. The topological polar surface area (TPSA) is 49.3 Å². The van der Waals surface area contributed by atoms with Crippen LogP contribution in [0.2, 0.25) is 0 Å². The van der Waals surface area contributed by atoms with Gasteiger partial charge >= 0.3 is 5.97 Å². The van der Waals surface area contributed by atoms with Crippen LogP contribution in [0.15, 0.2) is 42.5 Å². The summed E-state index contributed by atoms with van der Waals surface area (Å²) in [5, 5.41) is 12.8. The molecule has 1 saturated carbocycles. The summed E-state index contributed by atoms with van der Waals surface area (Å²) in [5.74, 6) is 0.404. The molecule has 0 bridgehead atoms. The molecule has 2 aliphatic rings. The highest BCUT2D eigenvalue weighted by molar-refractivity contribution is 5.87. The summed E-state index contributed by atoms with van der Waals surface area (Å²) in [6.07, 6.45) is 6.32. The summed E-state index contributed by atoms with van der Waals surface area (Å²) >= 11 is 0. The van der Waals surface area contributed by atoms with Crippen molar-refractivity contribution in [3.8, 4) is 0 Å². The van der Waals surface area contributed by atoms with Gasteiger partial charge in [0, 0.05) is 13.1 Å². The van der Waals surface area contributed by atoms with E-state index in [9.17, 15) is 4.79 Å². The van der Waals surface area contributed by atoms with E-state index in [4.69, 9.17) is 5.11 Å². The van der Waals surface area contributed by atoms with Gasteiger partial charge in [-0.3, -0.25) is 0 Å². The van der Waals surface area contributed by atoms with Crippen LogP contribution in [0.4, 0.5) is 0 Å². The van der Waals surface area contributed by atoms with Gasteiger partial charge in [0.1, 0.15) is 0 Å². The average Bonchev–Trinajstić information content (AvgIpc) is 2.73. The Labute approximate surface area is 187 Å². The quantitative estimate of drug-likeness (QED) is 0.577. The summed E-state index contributed by atoms with van der Waals surface area (Å²) < 4.78 is 0. The Morgan fingerprint density at radius 1 is 1.13 bits per heavy atom. The molecule has 2 aromatic carbocycles. The zero-order valence-electron chi connectivity index (χ0n) is 19.5. The monoisotopic (exact) mass is 419 g/mol. The molecule has 0 unspecified atom stereocenters. The Morgan fingerprint density at radius 3 is 2.55 bits per heavy atom. The zero-order chi connectivity index (χ0) is 22.2. The fraction of sp³-hybridized carbons (Fsp3) is 0.536. The van der Waals surface area contributed by atoms with Gasteiger partial charge in [-0.25, -0.2) is 4.79 Å². The summed E-state index contributed by atoms with van der Waals surface area (Å²) in [5.41, 5.74) is 6.69. The predicted octanol–water partition coefficient (Wildman–Crippen LogP) is 6.31. The summed E-state index contributed by atoms with van der Waals surface area (Å²) in [6.45, 7) is 11.4. The fourth-order valence-corrected chi connectivity index (χ4v) is 6.47. The number of hydrogen-bond donors (Lipinski definition) is 2. The Hall–Kier alpha value is -2.13. The van der Waals surface area contributed by atoms with Crippen LogP contribution in [-0.2, 0) is 18.4 Å². The SMILES string of the molecule is CC(C)c1ccc2c(c1)CC[C@@H]1[C@@](C)(CNCc3ccc(C(=O)O)cc3)CCC[C@@]21C. The Morgan fingerprint density at radius 2 is 1.87 bits per heavy atom. The normalized spacial score (nSPS) is 27.6. The van der Waals surface area contributed by atoms with Gasteiger partial charge in [0.2, 0.25) is 0 Å². The number of carboxylic acids is 1. The minimum Gasteiger partial charge on any atom is -0.478 e. The lowest BCUT2D eigenvalue weighted by molar-refractivity contribution is 0.0257. The van der Waals surface area contributed by atoms with Crippen LogP contribution < -0.4 is 5.32 Å². The molecule has 0 heterocycles. The largest absolute Gasteiger partial charge is 0.478 e. The van der Waals surface area contributed by atoms with E-state index in [0.717, 1.165) is 18.7 Å². The summed E-state index contributed by atoms with van der Waals surface area (Å²) in [6, 6.07) is 14.5. The van der Waals surface area contributed by atoms with Gasteiger partial charge in [0.15, 0.2) is 0 Å². The molecule has 0 aromatic heterocycles. The second-order valence-electron chi connectivity index (χ2n) is 10.7. The predicted molar refractivity (Wildman–Crippen MR) is 127 cm³/mol. The number of carbonyl (C=O) groups is 1. The van der Waals surface area contributed by atoms with Gasteiger partial charge in [-0.15, -0.1) is 0 Å². The first kappa shape index (κ1) is 22.1. The van der Waals surface area contributed by atoms with Crippen molar-refractivity contribution in [2.75, 3.05) is 6.54 Å². The lowest BCUT2D eigenvalue weighted by atomic mass is 9.49. The maximum Gasteiger partial charge on any atom is 0.335 e. The van der Waals surface area contributed by atoms with Gasteiger partial charge in [-0.05, 0) is 82.7 Å². The van der Waals surface area contributed by atoms with Crippen LogP contribution in [-0.4, -0.2) is 17.6 Å². The van der Waals surface area contributed by atoms with Crippen molar-refractivity contribution in [1.29, 1.82) is 0 Å². The van der Waals surface area contributed by atoms with E-state index in [-0.39, 0.29) is 10.8 Å². The van der Waals surface area contributed by atoms with Gasteiger partial charge in [0.05, 0.1) is 5.56 Å². The average molecular weight is 420 g/mol. The third-order valence-electron chi connectivity index (χ3n) is 8.23. The Balaban J connectivity index is 1.48. The first-order valence-electron chi connectivity index (χ1n) is 11.9. The number of nitrogens with one attached hydrogen (secondary N) is 1. The van der Waals surface area contributed by atoms with E-state index in [1.807, 2.05) is 12.1 Å². The van der Waals surface area contributed by atoms with Crippen LogP contribution in [0.1, 0.15) is 91.9 Å². The van der Waals surface area contributed by atoms with Crippen LogP contribution in [0.3, 0.4) is 0 Å². The molecule has 0 saturated heterocycles. The lowest BCUT2D eigenvalue weighted by Gasteiger charge is -2.55. The molecule has 31 heavy (non-hydrogen) atoms. The van der Waals surface area contributed by atoms with Crippen molar-refractivity contribution in [2.45, 2.75) is 77.7 Å². The zero-order valence-corrected chi connectivity index (χ0v) is 19.5. The van der Waals surface area contributed by atoms with Gasteiger partial charge in [-0.1, -0.05) is 64.4 Å². The molecule has 2 N–H and O–H groups in total. The molecular weight excluding hydrogens is 382 g/mol. The molecule has 0 aliphatic heterocycles. The number of aromatic carboxylic acids is 1. The molecule has 3 atom stereocenters. The van der Waals surface area contributed by atoms with E-state index < -0.39 is 5.97 Å². The van der Waals surface area contributed by atoms with Gasteiger partial charge < -0.3 is 10.4 Å². The van der Waals surface area contributed by atoms with Crippen LogP contribution in [0.5, 0.6) is 0 Å². The maximum atomic E-state index is 11.1. The first-order valence-corrected chi connectivity index (χ1v) is 11.9. The van der Waals surface area contributed by atoms with Gasteiger partial charge in [-0.2, -0.15) is 0 Å². The van der Waals surface area contributed by atoms with Crippen molar-refractivity contribution in [3.63, 3.8) is 0 Å². The molecule has 1 fully saturated rings. The van der Waals surface area contributed by atoms with Crippen molar-refractivity contribution in [3.05, 3.63) is 70.3 Å². The number of rotatable bonds is 6. The highest BCUT2D eigenvalue weighted by Gasteiger charge is 2.51. The van der Waals surface area contributed by atoms with Crippen molar-refractivity contribution in [1.82, 2.24) is 5.32 Å². The molecule has 2 aromatic rings. The van der Waals surface area contributed by atoms with E-state index in [1.165, 1.54) is 37.7 Å². The van der Waals surface area contributed by atoms with E-state index in [1.54, 1.807) is 23.3 Å². The number of carboxylic acid groups (broad SMARTS) is 1. The highest BCUT2D eigenvalue weighted by Crippen LogP contribution is 2.57. The van der Waals surface area contributed by atoms with Crippen LogP contribution in [0, 0.1) is 11.3 Å². The summed E-state index contributed by atoms with van der Waals surface area (Å²) in [7, 11) is 0. The van der Waals surface area contributed by atoms with Crippen molar-refractivity contribution in [2.24, 2.45) is 11.3 Å². The van der Waals surface area contributed by atoms with E-state index in [2.05, 4.69) is 51.2 Å². The molecule has 3 heteroatoms. The minimum absolute atomic E-state index is 0.265. The Kier molecular flexibility index (Phi) is 6.00. The number of aryl methyl sites for hydroxylation is 1. The molecule has 4 rings (SSSR count).